The van der Waals surface area contributed by atoms with Crippen LogP contribution in [0.5, 0.6) is 5.75 Å². The van der Waals surface area contributed by atoms with Crippen LogP contribution in [0.2, 0.25) is 0 Å². The molecule has 0 bridgehead atoms. The second-order valence-electron chi connectivity index (χ2n) is 5.67. The number of nitrogens with zero attached hydrogens (tertiary/aromatic N) is 1. The van der Waals surface area contributed by atoms with Gasteiger partial charge in [0, 0.05) is 11.8 Å². The molecule has 1 heterocycles. The van der Waals surface area contributed by atoms with E-state index in [1.807, 2.05) is 6.07 Å². The first-order chi connectivity index (χ1) is 11.7. The van der Waals surface area contributed by atoms with Gasteiger partial charge in [-0.25, -0.2) is 0 Å². The largest absolute Gasteiger partial charge is 0.482 e. The molecular formula is C18H17N3O3. The van der Waals surface area contributed by atoms with Crippen LogP contribution in [0, 0.1) is 11.3 Å². The zero-order valence-corrected chi connectivity index (χ0v) is 13.0. The quantitative estimate of drug-likeness (QED) is 0.897. The van der Waals surface area contributed by atoms with E-state index < -0.39 is 0 Å². The number of nitrogens with one attached hydrogen (secondary N) is 2. The van der Waals surface area contributed by atoms with Crippen LogP contribution in [0.3, 0.4) is 0 Å². The molecular weight excluding hydrogens is 306 g/mol. The highest BCUT2D eigenvalue weighted by Crippen LogP contribution is 2.27. The van der Waals surface area contributed by atoms with Gasteiger partial charge in [0.15, 0.2) is 6.61 Å². The maximum absolute atomic E-state index is 12.2. The van der Waals surface area contributed by atoms with E-state index in [2.05, 4.69) is 10.3 Å². The average Bonchev–Trinajstić information content (AvgIpc) is 2.60. The van der Waals surface area contributed by atoms with Crippen molar-refractivity contribution in [3.63, 3.8) is 0 Å². The van der Waals surface area contributed by atoms with E-state index >= 15 is 0 Å². The second-order valence-corrected chi connectivity index (χ2v) is 5.67. The highest BCUT2D eigenvalue weighted by molar-refractivity contribution is 5.78. The number of hydrogen-bond acceptors (Lipinski definition) is 4. The van der Waals surface area contributed by atoms with Gasteiger partial charge < -0.3 is 15.0 Å². The monoisotopic (exact) mass is 323 g/mol. The third-order valence-corrected chi connectivity index (χ3v) is 4.03. The summed E-state index contributed by atoms with van der Waals surface area (Å²) in [5.74, 6) is 0.135. The van der Waals surface area contributed by atoms with Crippen molar-refractivity contribution in [2.45, 2.75) is 25.3 Å². The standard InChI is InChI=1S/C18H17N3O3/c19-10-12-4-1-2-7-16(12)24-11-18(23)21-15-6-3-5-14-13(15)8-9-17(22)20-14/h1-2,4,7-9,15H,3,5-6,11H2,(H,20,22)(H,21,23)/t15-/m1/s1. The van der Waals surface area contributed by atoms with Crippen LogP contribution in [0.1, 0.15) is 35.7 Å². The van der Waals surface area contributed by atoms with Gasteiger partial charge in [0.25, 0.3) is 5.91 Å². The molecule has 122 valence electrons. The summed E-state index contributed by atoms with van der Waals surface area (Å²) in [6.45, 7) is -0.159. The summed E-state index contributed by atoms with van der Waals surface area (Å²) in [6, 6.07) is 11.9. The number of H-pyrrole nitrogens is 1. The normalized spacial score (nSPS) is 15.9. The minimum atomic E-state index is -0.258. The molecule has 2 N–H and O–H groups in total. The van der Waals surface area contributed by atoms with E-state index in [-0.39, 0.29) is 24.1 Å². The Balaban J connectivity index is 1.64. The number of rotatable bonds is 4. The van der Waals surface area contributed by atoms with E-state index in [4.69, 9.17) is 10.00 Å². The van der Waals surface area contributed by atoms with Crippen molar-refractivity contribution in [1.29, 1.82) is 5.26 Å². The number of para-hydroxylation sites is 1. The van der Waals surface area contributed by atoms with E-state index in [0.717, 1.165) is 30.5 Å². The molecule has 3 rings (SSSR count). The predicted molar refractivity (Wildman–Crippen MR) is 87.5 cm³/mol. The van der Waals surface area contributed by atoms with Gasteiger partial charge in [-0.1, -0.05) is 12.1 Å². The molecule has 1 atom stereocenters. The topological polar surface area (TPSA) is 95.0 Å². The first-order valence-electron chi connectivity index (χ1n) is 7.81. The number of aromatic amines is 1. The zero-order chi connectivity index (χ0) is 16.9. The van der Waals surface area contributed by atoms with Crippen molar-refractivity contribution < 1.29 is 9.53 Å². The summed E-state index contributed by atoms with van der Waals surface area (Å²) < 4.78 is 5.45. The van der Waals surface area contributed by atoms with E-state index in [1.54, 1.807) is 30.3 Å². The Labute approximate surface area is 139 Å². The predicted octanol–water partition coefficient (Wildman–Crippen LogP) is 1.82. The molecule has 1 aliphatic carbocycles. The molecule has 1 aliphatic rings. The van der Waals surface area contributed by atoms with Gasteiger partial charge in [-0.15, -0.1) is 0 Å². The Kier molecular flexibility index (Phi) is 4.62. The molecule has 0 spiro atoms. The number of fused-ring (bicyclic) bond motifs is 1. The Morgan fingerprint density at radius 2 is 2.17 bits per heavy atom. The lowest BCUT2D eigenvalue weighted by atomic mass is 9.91. The summed E-state index contributed by atoms with van der Waals surface area (Å²) in [4.78, 5) is 26.4. The molecule has 1 amide bonds. The summed E-state index contributed by atoms with van der Waals surface area (Å²) in [7, 11) is 0. The number of aryl methyl sites for hydroxylation is 1. The molecule has 0 aliphatic heterocycles. The first-order valence-corrected chi connectivity index (χ1v) is 7.81. The Bertz CT molecular complexity index is 851. The smallest absolute Gasteiger partial charge is 0.258 e. The molecule has 0 saturated heterocycles. The Morgan fingerprint density at radius 1 is 1.33 bits per heavy atom. The minimum Gasteiger partial charge on any atom is -0.482 e. The summed E-state index contributed by atoms with van der Waals surface area (Å²) in [5.41, 5.74) is 2.10. The first kappa shape index (κ1) is 15.8. The second kappa shape index (κ2) is 7.01. The van der Waals surface area contributed by atoms with Crippen LogP contribution in [-0.4, -0.2) is 17.5 Å². The van der Waals surface area contributed by atoms with Crippen molar-refractivity contribution in [2.75, 3.05) is 6.61 Å². The SMILES string of the molecule is N#Cc1ccccc1OCC(=O)N[C@@H]1CCCc2[nH]c(=O)ccc21. The van der Waals surface area contributed by atoms with Gasteiger partial charge in [0.2, 0.25) is 5.56 Å². The lowest BCUT2D eigenvalue weighted by Gasteiger charge is -2.25. The fraction of sp³-hybridized carbons (Fsp3) is 0.278. The van der Waals surface area contributed by atoms with Crippen LogP contribution < -0.4 is 15.6 Å². The Hall–Kier alpha value is -3.07. The van der Waals surface area contributed by atoms with Gasteiger partial charge >= 0.3 is 0 Å². The third kappa shape index (κ3) is 3.46. The summed E-state index contributed by atoms with van der Waals surface area (Å²) in [5, 5.41) is 12.0. The molecule has 0 saturated carbocycles. The third-order valence-electron chi connectivity index (χ3n) is 4.03. The molecule has 0 unspecified atom stereocenters. The number of carbonyl (C=O) groups excluding carboxylic acids is 1. The van der Waals surface area contributed by atoms with Crippen molar-refractivity contribution in [3.05, 3.63) is 63.6 Å². The summed E-state index contributed by atoms with van der Waals surface area (Å²) >= 11 is 0. The average molecular weight is 323 g/mol. The number of nitriles is 1. The van der Waals surface area contributed by atoms with Gasteiger partial charge in [-0.3, -0.25) is 9.59 Å². The van der Waals surface area contributed by atoms with E-state index in [1.165, 1.54) is 6.07 Å². The number of ether oxygens (including phenoxy) is 1. The molecule has 0 fully saturated rings. The number of carbonyl (C=O) groups is 1. The van der Waals surface area contributed by atoms with E-state index in [0.29, 0.717) is 11.3 Å². The highest BCUT2D eigenvalue weighted by Gasteiger charge is 2.22. The number of pyridine rings is 1. The molecule has 0 radical (unpaired) electrons. The number of amides is 1. The zero-order valence-electron chi connectivity index (χ0n) is 13.0. The number of benzene rings is 1. The van der Waals surface area contributed by atoms with Gasteiger partial charge in [0.1, 0.15) is 11.8 Å². The maximum Gasteiger partial charge on any atom is 0.258 e. The van der Waals surface area contributed by atoms with Crippen LogP contribution in [-0.2, 0) is 11.2 Å². The molecule has 6 heteroatoms. The van der Waals surface area contributed by atoms with Crippen molar-refractivity contribution in [3.8, 4) is 11.8 Å². The highest BCUT2D eigenvalue weighted by atomic mass is 16.5. The van der Waals surface area contributed by atoms with Crippen LogP contribution in [0.15, 0.2) is 41.2 Å². The number of aromatic nitrogens is 1. The van der Waals surface area contributed by atoms with Crippen LogP contribution >= 0.6 is 0 Å². The van der Waals surface area contributed by atoms with Gasteiger partial charge in [0.05, 0.1) is 11.6 Å². The van der Waals surface area contributed by atoms with Crippen molar-refractivity contribution >= 4 is 5.91 Å². The molecule has 6 nitrogen and oxygen atoms in total. The number of hydrogen-bond donors (Lipinski definition) is 2. The molecule has 2 aromatic rings. The fourth-order valence-electron chi connectivity index (χ4n) is 2.91. The lowest BCUT2D eigenvalue weighted by Crippen LogP contribution is -2.35. The molecule has 24 heavy (non-hydrogen) atoms. The maximum atomic E-state index is 12.2. The lowest BCUT2D eigenvalue weighted by molar-refractivity contribution is -0.124. The van der Waals surface area contributed by atoms with Crippen molar-refractivity contribution in [2.24, 2.45) is 0 Å². The van der Waals surface area contributed by atoms with Crippen molar-refractivity contribution in [1.82, 2.24) is 10.3 Å². The van der Waals surface area contributed by atoms with Gasteiger partial charge in [-0.2, -0.15) is 5.26 Å². The fourth-order valence-corrected chi connectivity index (χ4v) is 2.91. The van der Waals surface area contributed by atoms with Crippen LogP contribution in [0.4, 0.5) is 0 Å². The molecule has 1 aromatic heterocycles. The Morgan fingerprint density at radius 3 is 3.00 bits per heavy atom. The minimum absolute atomic E-state index is 0.128. The van der Waals surface area contributed by atoms with Crippen LogP contribution in [0.25, 0.3) is 0 Å². The summed E-state index contributed by atoms with van der Waals surface area (Å²) in [6.07, 6.45) is 2.53. The van der Waals surface area contributed by atoms with E-state index in [9.17, 15) is 9.59 Å². The molecule has 1 aromatic carbocycles. The van der Waals surface area contributed by atoms with Gasteiger partial charge in [-0.05, 0) is 43.0 Å².